The molecule has 66 valence electrons. The summed E-state index contributed by atoms with van der Waals surface area (Å²) in [5.74, 6) is 2.09. The van der Waals surface area contributed by atoms with E-state index in [1.165, 1.54) is 11.8 Å². The van der Waals surface area contributed by atoms with Crippen LogP contribution in [-0.2, 0) is 4.79 Å². The third-order valence-corrected chi connectivity index (χ3v) is 2.47. The summed E-state index contributed by atoms with van der Waals surface area (Å²) in [6.07, 6.45) is 0.720. The third kappa shape index (κ3) is 7.92. The highest BCUT2D eigenvalue weighted by molar-refractivity contribution is 8.13. The van der Waals surface area contributed by atoms with Gasteiger partial charge in [0.2, 0.25) is 0 Å². The summed E-state index contributed by atoms with van der Waals surface area (Å²) in [7, 11) is 0. The van der Waals surface area contributed by atoms with Crippen molar-refractivity contribution in [2.75, 3.05) is 5.75 Å². The van der Waals surface area contributed by atoms with Crippen molar-refractivity contribution in [1.82, 2.24) is 0 Å². The minimum Gasteiger partial charge on any atom is -0.287 e. The first-order chi connectivity index (χ1) is 5.02. The van der Waals surface area contributed by atoms with Crippen molar-refractivity contribution >= 4 is 16.9 Å². The molecule has 1 nitrogen and oxygen atoms in total. The van der Waals surface area contributed by atoms with E-state index in [-0.39, 0.29) is 0 Å². The summed E-state index contributed by atoms with van der Waals surface area (Å²) in [6, 6.07) is 0. The van der Waals surface area contributed by atoms with Gasteiger partial charge in [0.1, 0.15) is 0 Å². The minimum atomic E-state index is 0.341. The van der Waals surface area contributed by atoms with Crippen molar-refractivity contribution in [3.63, 3.8) is 0 Å². The summed E-state index contributed by atoms with van der Waals surface area (Å²) < 4.78 is 0. The zero-order chi connectivity index (χ0) is 8.85. The maximum Gasteiger partial charge on any atom is 0.189 e. The number of hydrogen-bond donors (Lipinski definition) is 0. The fourth-order valence-corrected chi connectivity index (χ4v) is 1.62. The van der Waals surface area contributed by atoms with Gasteiger partial charge in [0, 0.05) is 12.2 Å². The Morgan fingerprint density at radius 3 is 2.09 bits per heavy atom. The van der Waals surface area contributed by atoms with Crippen LogP contribution in [0.2, 0.25) is 0 Å². The first-order valence-electron chi connectivity index (χ1n) is 4.18. The molecule has 0 aromatic heterocycles. The van der Waals surface area contributed by atoms with Gasteiger partial charge < -0.3 is 0 Å². The lowest BCUT2D eigenvalue weighted by Gasteiger charge is -2.04. The lowest BCUT2D eigenvalue weighted by Crippen LogP contribution is -2.01. The molecule has 0 saturated heterocycles. The number of carbonyl (C=O) groups excluding carboxylic acids is 1. The zero-order valence-electron chi connectivity index (χ0n) is 7.89. The first-order valence-corrected chi connectivity index (χ1v) is 5.16. The molecule has 0 aliphatic heterocycles. The maximum atomic E-state index is 11.1. The molecule has 11 heavy (non-hydrogen) atoms. The van der Waals surface area contributed by atoms with Crippen molar-refractivity contribution in [3.05, 3.63) is 0 Å². The Bertz CT molecular complexity index is 119. The Morgan fingerprint density at radius 2 is 1.73 bits per heavy atom. The summed E-state index contributed by atoms with van der Waals surface area (Å²) >= 11 is 1.47. The quantitative estimate of drug-likeness (QED) is 0.652. The van der Waals surface area contributed by atoms with Crippen LogP contribution < -0.4 is 0 Å². The molecule has 0 unspecified atom stereocenters. The monoisotopic (exact) mass is 174 g/mol. The molecule has 0 heterocycles. The molecule has 0 aromatic rings. The smallest absolute Gasteiger partial charge is 0.189 e. The van der Waals surface area contributed by atoms with Crippen LogP contribution in [-0.4, -0.2) is 10.9 Å². The van der Waals surface area contributed by atoms with Gasteiger partial charge in [0.15, 0.2) is 5.12 Å². The van der Waals surface area contributed by atoms with Gasteiger partial charge in [0.05, 0.1) is 0 Å². The molecule has 0 amide bonds. The van der Waals surface area contributed by atoms with Crippen LogP contribution >= 0.6 is 11.8 Å². The molecule has 0 atom stereocenters. The average molecular weight is 174 g/mol. The number of thioether (sulfide) groups is 1. The van der Waals surface area contributed by atoms with E-state index in [2.05, 4.69) is 27.7 Å². The van der Waals surface area contributed by atoms with E-state index in [1.807, 2.05) is 0 Å². The molecule has 0 aromatic carbocycles. The molecule has 0 radical (unpaired) electrons. The Morgan fingerprint density at radius 1 is 1.18 bits per heavy atom. The molecule has 0 N–H and O–H groups in total. The second kappa shape index (κ2) is 5.64. The van der Waals surface area contributed by atoms with Gasteiger partial charge in [-0.05, 0) is 11.8 Å². The van der Waals surface area contributed by atoms with Gasteiger partial charge in [-0.25, -0.2) is 0 Å². The summed E-state index contributed by atoms with van der Waals surface area (Å²) in [6.45, 7) is 8.42. The van der Waals surface area contributed by atoms with Gasteiger partial charge in [0.25, 0.3) is 0 Å². The fourth-order valence-electron chi connectivity index (χ4n) is 0.652. The predicted molar refractivity (Wildman–Crippen MR) is 51.8 cm³/mol. The zero-order valence-corrected chi connectivity index (χ0v) is 8.70. The second-order valence-electron chi connectivity index (χ2n) is 3.67. The largest absolute Gasteiger partial charge is 0.287 e. The highest BCUT2D eigenvalue weighted by Gasteiger charge is 2.06. The van der Waals surface area contributed by atoms with Crippen molar-refractivity contribution in [2.45, 2.75) is 34.1 Å². The minimum absolute atomic E-state index is 0.341. The highest BCUT2D eigenvalue weighted by Crippen LogP contribution is 2.13. The summed E-state index contributed by atoms with van der Waals surface area (Å²) in [5.41, 5.74) is 0. The van der Waals surface area contributed by atoms with Crippen LogP contribution in [0.3, 0.4) is 0 Å². The molecule has 0 spiro atoms. The number of rotatable bonds is 4. The molecular weight excluding hydrogens is 156 g/mol. The lowest BCUT2D eigenvalue weighted by atomic mass is 10.2. The van der Waals surface area contributed by atoms with Crippen LogP contribution in [0, 0.1) is 11.8 Å². The lowest BCUT2D eigenvalue weighted by molar-refractivity contribution is -0.111. The molecule has 0 saturated carbocycles. The van der Waals surface area contributed by atoms with Gasteiger partial charge in [-0.1, -0.05) is 39.5 Å². The van der Waals surface area contributed by atoms with Crippen LogP contribution in [0.5, 0.6) is 0 Å². The van der Waals surface area contributed by atoms with E-state index < -0.39 is 0 Å². The Labute approximate surface area is 73.9 Å². The van der Waals surface area contributed by atoms with Crippen LogP contribution in [0.4, 0.5) is 0 Å². The normalized spacial score (nSPS) is 11.1. The summed E-state index contributed by atoms with van der Waals surface area (Å²) in [4.78, 5) is 11.1. The van der Waals surface area contributed by atoms with Crippen molar-refractivity contribution in [3.8, 4) is 0 Å². The van der Waals surface area contributed by atoms with E-state index in [4.69, 9.17) is 0 Å². The Hall–Kier alpha value is 0.0200. The molecule has 0 bridgehead atoms. The number of carbonyl (C=O) groups is 1. The predicted octanol–water partition coefficient (Wildman–Crippen LogP) is 2.95. The van der Waals surface area contributed by atoms with Crippen LogP contribution in [0.25, 0.3) is 0 Å². The van der Waals surface area contributed by atoms with Crippen LogP contribution in [0.15, 0.2) is 0 Å². The maximum absolute atomic E-state index is 11.1. The van der Waals surface area contributed by atoms with Gasteiger partial charge in [-0.3, -0.25) is 4.79 Å². The second-order valence-corrected chi connectivity index (χ2v) is 4.75. The summed E-state index contributed by atoms with van der Waals surface area (Å²) in [5, 5.41) is 0.341. The Balaban J connectivity index is 3.38. The first kappa shape index (κ1) is 11.0. The molecule has 0 aliphatic rings. The van der Waals surface area contributed by atoms with Crippen molar-refractivity contribution in [2.24, 2.45) is 11.8 Å². The van der Waals surface area contributed by atoms with Crippen LogP contribution in [0.1, 0.15) is 34.1 Å². The van der Waals surface area contributed by atoms with E-state index in [0.29, 0.717) is 17.0 Å². The molecule has 0 rings (SSSR count). The van der Waals surface area contributed by atoms with E-state index >= 15 is 0 Å². The van der Waals surface area contributed by atoms with E-state index in [0.717, 1.165) is 12.2 Å². The molecule has 0 aliphatic carbocycles. The van der Waals surface area contributed by atoms with E-state index in [9.17, 15) is 4.79 Å². The number of hydrogen-bond acceptors (Lipinski definition) is 2. The standard InChI is InChI=1S/C9H18OS/c1-7(2)5-9(10)11-6-8(3)4/h7-8H,5-6H2,1-4H3. The Kier molecular flexibility index (Phi) is 5.65. The molecular formula is C9H18OS. The molecule has 0 fully saturated rings. The van der Waals surface area contributed by atoms with Gasteiger partial charge in [-0.15, -0.1) is 0 Å². The highest BCUT2D eigenvalue weighted by atomic mass is 32.2. The van der Waals surface area contributed by atoms with Crippen molar-refractivity contribution in [1.29, 1.82) is 0 Å². The SMILES string of the molecule is CC(C)CSC(=O)CC(C)C. The average Bonchev–Trinajstić information content (AvgIpc) is 1.82. The third-order valence-electron chi connectivity index (χ3n) is 1.15. The van der Waals surface area contributed by atoms with E-state index in [1.54, 1.807) is 0 Å². The van der Waals surface area contributed by atoms with Gasteiger partial charge >= 0.3 is 0 Å². The van der Waals surface area contributed by atoms with Gasteiger partial charge in [-0.2, -0.15) is 0 Å². The topological polar surface area (TPSA) is 17.1 Å². The molecule has 2 heteroatoms. The fraction of sp³-hybridized carbons (Fsp3) is 0.889. The van der Waals surface area contributed by atoms with Crippen molar-refractivity contribution < 1.29 is 4.79 Å².